The maximum Gasteiger partial charge on any atom is 0.239 e. The number of carbonyl (C=O) groups excluding carboxylic acids is 1. The molecule has 0 bridgehead atoms. The van der Waals surface area contributed by atoms with E-state index in [4.69, 9.17) is 4.74 Å². The second kappa shape index (κ2) is 7.22. The smallest absolute Gasteiger partial charge is 0.239 e. The first-order valence-electron chi connectivity index (χ1n) is 8.08. The third-order valence-electron chi connectivity index (χ3n) is 4.49. The molecule has 1 aromatic carbocycles. The minimum absolute atomic E-state index is 0.123. The first kappa shape index (κ1) is 15.5. The van der Waals surface area contributed by atoms with Crippen LogP contribution in [-0.4, -0.2) is 53.8 Å². The van der Waals surface area contributed by atoms with Gasteiger partial charge >= 0.3 is 0 Å². The van der Waals surface area contributed by atoms with Crippen LogP contribution in [0.3, 0.4) is 0 Å². The molecule has 0 aromatic heterocycles. The zero-order chi connectivity index (χ0) is 15.4. The van der Waals surface area contributed by atoms with Crippen LogP contribution >= 0.6 is 0 Å². The summed E-state index contributed by atoms with van der Waals surface area (Å²) in [4.78, 5) is 14.2. The maximum absolute atomic E-state index is 12.3. The Morgan fingerprint density at radius 3 is 2.64 bits per heavy atom. The van der Waals surface area contributed by atoms with E-state index in [-0.39, 0.29) is 24.2 Å². The molecule has 2 fully saturated rings. The lowest BCUT2D eigenvalue weighted by Gasteiger charge is -2.33. The minimum atomic E-state index is -0.388. The molecule has 2 aliphatic rings. The molecule has 0 saturated carbocycles. The zero-order valence-electron chi connectivity index (χ0n) is 12.8. The SMILES string of the molecule is O=C([C@H]1C[C@@H](O)CN1)N1CCC(OCc2ccccc2)CC1. The van der Waals surface area contributed by atoms with Gasteiger partial charge in [-0.3, -0.25) is 4.79 Å². The van der Waals surface area contributed by atoms with Crippen molar-refractivity contribution in [3.63, 3.8) is 0 Å². The maximum atomic E-state index is 12.3. The Labute approximate surface area is 131 Å². The number of rotatable bonds is 4. The number of carbonyl (C=O) groups is 1. The summed E-state index contributed by atoms with van der Waals surface area (Å²) in [6, 6.07) is 9.95. The molecule has 2 aliphatic heterocycles. The molecular formula is C17H24N2O3. The number of β-amino-alcohol motifs (C(OH)–C–C–N with tert-alkyl or cyclic N) is 1. The van der Waals surface area contributed by atoms with Crippen LogP contribution in [0, 0.1) is 0 Å². The number of piperidine rings is 1. The monoisotopic (exact) mass is 304 g/mol. The van der Waals surface area contributed by atoms with E-state index in [9.17, 15) is 9.90 Å². The average molecular weight is 304 g/mol. The van der Waals surface area contributed by atoms with E-state index in [1.165, 1.54) is 5.56 Å². The summed E-state index contributed by atoms with van der Waals surface area (Å²) >= 11 is 0. The van der Waals surface area contributed by atoms with Gasteiger partial charge in [0.15, 0.2) is 0 Å². The molecule has 1 amide bonds. The van der Waals surface area contributed by atoms with Crippen molar-refractivity contribution >= 4 is 5.91 Å². The molecule has 2 saturated heterocycles. The Hall–Kier alpha value is -1.43. The summed E-state index contributed by atoms with van der Waals surface area (Å²) in [5.74, 6) is 0.123. The number of amides is 1. The lowest BCUT2D eigenvalue weighted by atomic mass is 10.1. The fourth-order valence-corrected chi connectivity index (χ4v) is 3.16. The predicted octanol–water partition coefficient (Wildman–Crippen LogP) is 0.917. The summed E-state index contributed by atoms with van der Waals surface area (Å²) in [6.45, 7) is 2.64. The topological polar surface area (TPSA) is 61.8 Å². The summed E-state index contributed by atoms with van der Waals surface area (Å²) in [6.07, 6.45) is 2.14. The molecule has 0 aliphatic carbocycles. The van der Waals surface area contributed by atoms with Crippen LogP contribution in [0.5, 0.6) is 0 Å². The molecule has 2 heterocycles. The van der Waals surface area contributed by atoms with Crippen LogP contribution in [0.25, 0.3) is 0 Å². The lowest BCUT2D eigenvalue weighted by molar-refractivity contribution is -0.136. The molecule has 5 heteroatoms. The zero-order valence-corrected chi connectivity index (χ0v) is 12.8. The third kappa shape index (κ3) is 3.85. The Morgan fingerprint density at radius 2 is 2.00 bits per heavy atom. The van der Waals surface area contributed by atoms with Crippen molar-refractivity contribution in [1.29, 1.82) is 0 Å². The molecule has 0 radical (unpaired) electrons. The summed E-state index contributed by atoms with van der Waals surface area (Å²) in [7, 11) is 0. The molecule has 0 spiro atoms. The highest BCUT2D eigenvalue weighted by atomic mass is 16.5. The lowest BCUT2D eigenvalue weighted by Crippen LogP contribution is -2.48. The van der Waals surface area contributed by atoms with Gasteiger partial charge < -0.3 is 20.1 Å². The average Bonchev–Trinajstić information content (AvgIpc) is 3.00. The Morgan fingerprint density at radius 1 is 1.27 bits per heavy atom. The van der Waals surface area contributed by atoms with Gasteiger partial charge in [0.2, 0.25) is 5.91 Å². The summed E-state index contributed by atoms with van der Waals surface area (Å²) in [5.41, 5.74) is 1.19. The van der Waals surface area contributed by atoms with Gasteiger partial charge in [-0.2, -0.15) is 0 Å². The van der Waals surface area contributed by atoms with Gasteiger partial charge in [-0.15, -0.1) is 0 Å². The van der Waals surface area contributed by atoms with Gasteiger partial charge in [-0.1, -0.05) is 30.3 Å². The number of likely N-dealkylation sites (tertiary alicyclic amines) is 1. The second-order valence-electron chi connectivity index (χ2n) is 6.17. The molecule has 2 N–H and O–H groups in total. The van der Waals surface area contributed by atoms with Crippen molar-refractivity contribution in [2.24, 2.45) is 0 Å². The first-order valence-corrected chi connectivity index (χ1v) is 8.08. The van der Waals surface area contributed by atoms with Gasteiger partial charge in [0.25, 0.3) is 0 Å². The number of hydrogen-bond donors (Lipinski definition) is 2. The molecule has 1 aromatic rings. The van der Waals surface area contributed by atoms with Crippen LogP contribution in [0.2, 0.25) is 0 Å². The van der Waals surface area contributed by atoms with E-state index in [1.54, 1.807) is 0 Å². The Kier molecular flexibility index (Phi) is 5.08. The van der Waals surface area contributed by atoms with Gasteiger partial charge in [0.1, 0.15) is 0 Å². The molecule has 5 nitrogen and oxygen atoms in total. The first-order chi connectivity index (χ1) is 10.7. The third-order valence-corrected chi connectivity index (χ3v) is 4.49. The van der Waals surface area contributed by atoms with Crippen molar-refractivity contribution in [2.75, 3.05) is 19.6 Å². The van der Waals surface area contributed by atoms with E-state index in [2.05, 4.69) is 17.4 Å². The van der Waals surface area contributed by atoms with Crippen LogP contribution in [0.4, 0.5) is 0 Å². The Bertz CT molecular complexity index is 486. The molecule has 2 atom stereocenters. The highest BCUT2D eigenvalue weighted by Crippen LogP contribution is 2.18. The predicted molar refractivity (Wildman–Crippen MR) is 83.2 cm³/mol. The van der Waals surface area contributed by atoms with Crippen LogP contribution in [0.1, 0.15) is 24.8 Å². The number of nitrogens with zero attached hydrogens (tertiary/aromatic N) is 1. The highest BCUT2D eigenvalue weighted by Gasteiger charge is 2.33. The number of aliphatic hydroxyl groups is 1. The minimum Gasteiger partial charge on any atom is -0.392 e. The van der Waals surface area contributed by atoms with Crippen LogP contribution in [-0.2, 0) is 16.1 Å². The van der Waals surface area contributed by atoms with Crippen LogP contribution in [0.15, 0.2) is 30.3 Å². The largest absolute Gasteiger partial charge is 0.392 e. The highest BCUT2D eigenvalue weighted by molar-refractivity contribution is 5.82. The fraction of sp³-hybridized carbons (Fsp3) is 0.588. The standard InChI is InChI=1S/C17H24N2O3/c20-14-10-16(18-11-14)17(21)19-8-6-15(7-9-19)22-12-13-4-2-1-3-5-13/h1-5,14-16,18,20H,6-12H2/t14-,16-/m1/s1. The van der Waals surface area contributed by atoms with Crippen molar-refractivity contribution in [2.45, 2.75) is 44.1 Å². The number of hydrogen-bond acceptors (Lipinski definition) is 4. The normalized spacial score (nSPS) is 26.3. The number of nitrogens with one attached hydrogen (secondary N) is 1. The Balaban J connectivity index is 1.41. The van der Waals surface area contributed by atoms with Crippen molar-refractivity contribution in [3.05, 3.63) is 35.9 Å². The summed E-state index contributed by atoms with van der Waals surface area (Å²) < 4.78 is 5.95. The van der Waals surface area contributed by atoms with Crippen molar-refractivity contribution in [3.8, 4) is 0 Å². The van der Waals surface area contributed by atoms with Gasteiger partial charge in [0.05, 0.1) is 24.9 Å². The molecule has 0 unspecified atom stereocenters. The van der Waals surface area contributed by atoms with E-state index >= 15 is 0 Å². The molecular weight excluding hydrogens is 280 g/mol. The quantitative estimate of drug-likeness (QED) is 0.868. The summed E-state index contributed by atoms with van der Waals surface area (Å²) in [5, 5.41) is 12.6. The van der Waals surface area contributed by atoms with Gasteiger partial charge in [-0.25, -0.2) is 0 Å². The van der Waals surface area contributed by atoms with E-state index in [0.29, 0.717) is 19.6 Å². The van der Waals surface area contributed by atoms with Crippen molar-refractivity contribution < 1.29 is 14.6 Å². The van der Waals surface area contributed by atoms with Crippen molar-refractivity contribution in [1.82, 2.24) is 10.2 Å². The number of benzene rings is 1. The molecule has 120 valence electrons. The molecule has 3 rings (SSSR count). The molecule has 22 heavy (non-hydrogen) atoms. The van der Waals surface area contributed by atoms with E-state index in [0.717, 1.165) is 25.9 Å². The van der Waals surface area contributed by atoms with Crippen LogP contribution < -0.4 is 5.32 Å². The number of aliphatic hydroxyl groups excluding tert-OH is 1. The number of ether oxygens (including phenoxy) is 1. The second-order valence-corrected chi connectivity index (χ2v) is 6.17. The van der Waals surface area contributed by atoms with E-state index < -0.39 is 0 Å². The van der Waals surface area contributed by atoms with E-state index in [1.807, 2.05) is 23.1 Å². The van der Waals surface area contributed by atoms with Gasteiger partial charge in [-0.05, 0) is 24.8 Å². The van der Waals surface area contributed by atoms with Gasteiger partial charge in [0, 0.05) is 19.6 Å². The fourth-order valence-electron chi connectivity index (χ4n) is 3.16.